The van der Waals surface area contributed by atoms with Gasteiger partial charge >= 0.3 is 5.97 Å². The predicted octanol–water partition coefficient (Wildman–Crippen LogP) is 3.52. The van der Waals surface area contributed by atoms with E-state index in [0.29, 0.717) is 17.2 Å². The zero-order valence-corrected chi connectivity index (χ0v) is 12.0. The van der Waals surface area contributed by atoms with E-state index >= 15 is 0 Å². The van der Waals surface area contributed by atoms with Crippen molar-refractivity contribution in [2.75, 3.05) is 5.32 Å². The summed E-state index contributed by atoms with van der Waals surface area (Å²) in [6, 6.07) is 7.85. The lowest BCUT2D eigenvalue weighted by Crippen LogP contribution is -2.04. The summed E-state index contributed by atoms with van der Waals surface area (Å²) in [6.45, 7) is 2.27. The Kier molecular flexibility index (Phi) is 3.98. The first kappa shape index (κ1) is 13.0. The number of carbonyl (C=O) groups is 1. The lowest BCUT2D eigenvalue weighted by molar-refractivity contribution is 0.0697. The molecular formula is C12H11BrN2O2S. The first-order valence-electron chi connectivity index (χ1n) is 5.26. The fourth-order valence-corrected chi connectivity index (χ4v) is 2.80. The molecule has 0 aliphatic rings. The number of anilines is 1. The van der Waals surface area contributed by atoms with E-state index in [1.165, 1.54) is 11.5 Å². The standard InChI is InChI=1S/C12H11BrN2O2S/c1-7-10(12(16)17)11(18-15-7)14-6-8-3-2-4-9(13)5-8/h2-5,14H,6H2,1H3,(H,16,17). The Labute approximate surface area is 117 Å². The van der Waals surface area contributed by atoms with Crippen molar-refractivity contribution in [3.8, 4) is 0 Å². The fourth-order valence-electron chi connectivity index (χ4n) is 1.57. The number of aromatic carboxylic acids is 1. The molecule has 1 heterocycles. The molecule has 2 aromatic rings. The van der Waals surface area contributed by atoms with Crippen LogP contribution in [0.25, 0.3) is 0 Å². The molecule has 0 fully saturated rings. The van der Waals surface area contributed by atoms with E-state index in [1.807, 2.05) is 24.3 Å². The van der Waals surface area contributed by atoms with Gasteiger partial charge in [0.1, 0.15) is 10.6 Å². The zero-order valence-electron chi connectivity index (χ0n) is 9.61. The second-order valence-corrected chi connectivity index (χ2v) is 5.45. The number of carboxylic acids is 1. The number of rotatable bonds is 4. The Morgan fingerprint density at radius 3 is 3.00 bits per heavy atom. The number of aromatic nitrogens is 1. The summed E-state index contributed by atoms with van der Waals surface area (Å²) in [5.74, 6) is -0.946. The van der Waals surface area contributed by atoms with Crippen molar-refractivity contribution in [1.29, 1.82) is 0 Å². The van der Waals surface area contributed by atoms with Gasteiger partial charge in [-0.15, -0.1) is 0 Å². The summed E-state index contributed by atoms with van der Waals surface area (Å²) in [5, 5.41) is 12.8. The first-order valence-corrected chi connectivity index (χ1v) is 6.82. The van der Waals surface area contributed by atoms with Crippen molar-refractivity contribution in [3.05, 3.63) is 45.6 Å². The molecular weight excluding hydrogens is 316 g/mol. The Hall–Kier alpha value is -1.40. The molecule has 0 aliphatic heterocycles. The van der Waals surface area contributed by atoms with Crippen LogP contribution in [0.3, 0.4) is 0 Å². The Balaban J connectivity index is 2.13. The summed E-state index contributed by atoms with van der Waals surface area (Å²) >= 11 is 4.57. The van der Waals surface area contributed by atoms with Crippen LogP contribution in [0.5, 0.6) is 0 Å². The van der Waals surface area contributed by atoms with E-state index in [2.05, 4.69) is 25.6 Å². The molecule has 94 valence electrons. The molecule has 0 saturated carbocycles. The number of nitrogens with one attached hydrogen (secondary N) is 1. The molecule has 2 N–H and O–H groups in total. The number of benzene rings is 1. The molecule has 1 aromatic carbocycles. The maximum Gasteiger partial charge on any atom is 0.340 e. The number of nitrogens with zero attached hydrogens (tertiary/aromatic N) is 1. The van der Waals surface area contributed by atoms with Crippen molar-refractivity contribution >= 4 is 38.4 Å². The summed E-state index contributed by atoms with van der Waals surface area (Å²) < 4.78 is 5.06. The van der Waals surface area contributed by atoms with Crippen molar-refractivity contribution in [2.24, 2.45) is 0 Å². The van der Waals surface area contributed by atoms with Crippen LogP contribution >= 0.6 is 27.5 Å². The van der Waals surface area contributed by atoms with E-state index in [-0.39, 0.29) is 5.56 Å². The van der Waals surface area contributed by atoms with Crippen molar-refractivity contribution in [1.82, 2.24) is 4.37 Å². The van der Waals surface area contributed by atoms with Gasteiger partial charge in [-0.25, -0.2) is 4.79 Å². The number of halogens is 1. The number of carboxylic acid groups (broad SMARTS) is 1. The van der Waals surface area contributed by atoms with Crippen LogP contribution in [0.15, 0.2) is 28.7 Å². The molecule has 0 amide bonds. The number of hydrogen-bond donors (Lipinski definition) is 2. The van der Waals surface area contributed by atoms with E-state index in [1.54, 1.807) is 6.92 Å². The quantitative estimate of drug-likeness (QED) is 0.902. The lowest BCUT2D eigenvalue weighted by atomic mass is 10.2. The molecule has 0 unspecified atom stereocenters. The average Bonchev–Trinajstić information content (AvgIpc) is 2.68. The highest BCUT2D eigenvalue weighted by atomic mass is 79.9. The molecule has 0 atom stereocenters. The van der Waals surface area contributed by atoms with Gasteiger partial charge < -0.3 is 10.4 Å². The van der Waals surface area contributed by atoms with Gasteiger partial charge in [0, 0.05) is 11.0 Å². The molecule has 18 heavy (non-hydrogen) atoms. The van der Waals surface area contributed by atoms with Gasteiger partial charge in [0.15, 0.2) is 0 Å². The van der Waals surface area contributed by atoms with Crippen LogP contribution in [0.4, 0.5) is 5.00 Å². The van der Waals surface area contributed by atoms with E-state index in [4.69, 9.17) is 5.11 Å². The largest absolute Gasteiger partial charge is 0.478 e. The van der Waals surface area contributed by atoms with Crippen LogP contribution in [0.2, 0.25) is 0 Å². The third-order valence-corrected chi connectivity index (χ3v) is 3.81. The maximum absolute atomic E-state index is 11.1. The molecule has 0 saturated heterocycles. The minimum atomic E-state index is -0.946. The van der Waals surface area contributed by atoms with Crippen LogP contribution in [0.1, 0.15) is 21.6 Å². The van der Waals surface area contributed by atoms with Gasteiger partial charge in [0.05, 0.1) is 5.69 Å². The monoisotopic (exact) mass is 326 g/mol. The van der Waals surface area contributed by atoms with Crippen LogP contribution in [-0.4, -0.2) is 15.4 Å². The minimum Gasteiger partial charge on any atom is -0.478 e. The van der Waals surface area contributed by atoms with Gasteiger partial charge in [-0.3, -0.25) is 0 Å². The van der Waals surface area contributed by atoms with Gasteiger partial charge in [-0.2, -0.15) is 4.37 Å². The molecule has 0 aliphatic carbocycles. The third-order valence-electron chi connectivity index (χ3n) is 2.42. The topological polar surface area (TPSA) is 62.2 Å². The fraction of sp³-hybridized carbons (Fsp3) is 0.167. The van der Waals surface area contributed by atoms with Crippen LogP contribution < -0.4 is 5.32 Å². The maximum atomic E-state index is 11.1. The van der Waals surface area contributed by atoms with Crippen molar-refractivity contribution in [3.63, 3.8) is 0 Å². The highest BCUT2D eigenvalue weighted by Crippen LogP contribution is 2.25. The van der Waals surface area contributed by atoms with Gasteiger partial charge in [-0.1, -0.05) is 28.1 Å². The third kappa shape index (κ3) is 2.88. The predicted molar refractivity (Wildman–Crippen MR) is 75.3 cm³/mol. The van der Waals surface area contributed by atoms with Crippen molar-refractivity contribution < 1.29 is 9.90 Å². The van der Waals surface area contributed by atoms with E-state index in [9.17, 15) is 4.79 Å². The van der Waals surface area contributed by atoms with Crippen LogP contribution in [0, 0.1) is 6.92 Å². The highest BCUT2D eigenvalue weighted by molar-refractivity contribution is 9.10. The first-order chi connectivity index (χ1) is 8.58. The lowest BCUT2D eigenvalue weighted by Gasteiger charge is -2.05. The average molecular weight is 327 g/mol. The normalized spacial score (nSPS) is 10.3. The molecule has 6 heteroatoms. The Bertz CT molecular complexity index is 583. The van der Waals surface area contributed by atoms with Gasteiger partial charge in [0.25, 0.3) is 0 Å². The SMILES string of the molecule is Cc1nsc(NCc2cccc(Br)c2)c1C(=O)O. The summed E-state index contributed by atoms with van der Waals surface area (Å²) in [7, 11) is 0. The molecule has 0 spiro atoms. The zero-order chi connectivity index (χ0) is 13.1. The van der Waals surface area contributed by atoms with E-state index < -0.39 is 5.97 Å². The van der Waals surface area contributed by atoms with Crippen LogP contribution in [-0.2, 0) is 6.54 Å². The molecule has 0 radical (unpaired) electrons. The Morgan fingerprint density at radius 2 is 2.33 bits per heavy atom. The highest BCUT2D eigenvalue weighted by Gasteiger charge is 2.16. The van der Waals surface area contributed by atoms with E-state index in [0.717, 1.165) is 10.0 Å². The second kappa shape index (κ2) is 5.49. The summed E-state index contributed by atoms with van der Waals surface area (Å²) in [5.41, 5.74) is 1.88. The molecule has 1 aromatic heterocycles. The summed E-state index contributed by atoms with van der Waals surface area (Å²) in [4.78, 5) is 11.1. The van der Waals surface area contributed by atoms with Gasteiger partial charge in [0.2, 0.25) is 0 Å². The number of aryl methyl sites for hydroxylation is 1. The smallest absolute Gasteiger partial charge is 0.340 e. The Morgan fingerprint density at radius 1 is 1.56 bits per heavy atom. The number of hydrogen-bond acceptors (Lipinski definition) is 4. The molecule has 2 rings (SSSR count). The van der Waals surface area contributed by atoms with Crippen molar-refractivity contribution in [2.45, 2.75) is 13.5 Å². The molecule has 0 bridgehead atoms. The molecule has 4 nitrogen and oxygen atoms in total. The second-order valence-electron chi connectivity index (χ2n) is 3.76. The minimum absolute atomic E-state index is 0.259. The summed E-state index contributed by atoms with van der Waals surface area (Å²) in [6.07, 6.45) is 0. The van der Waals surface area contributed by atoms with Gasteiger partial charge in [-0.05, 0) is 36.2 Å².